The minimum Gasteiger partial charge on any atom is -0.373 e. The summed E-state index contributed by atoms with van der Waals surface area (Å²) >= 11 is 3.23. The highest BCUT2D eigenvalue weighted by Crippen LogP contribution is 2.21. The predicted octanol–water partition coefficient (Wildman–Crippen LogP) is 2.69. The van der Waals surface area contributed by atoms with E-state index in [4.69, 9.17) is 0 Å². The predicted molar refractivity (Wildman–Crippen MR) is 78.7 cm³/mol. The standard InChI is InChI=1S/C12H12BrN3O2S/c1-14-12-8-9(7-11(13)15-12)16-19(17,18)10-5-3-2-4-6-10/h2-8H,1H3,(H2,14,15,16). The van der Waals surface area contributed by atoms with Crippen LogP contribution in [-0.2, 0) is 10.0 Å². The average molecular weight is 342 g/mol. The van der Waals surface area contributed by atoms with E-state index in [9.17, 15) is 8.42 Å². The second-order valence-corrected chi connectivity index (χ2v) is 6.23. The van der Waals surface area contributed by atoms with Gasteiger partial charge < -0.3 is 5.32 Å². The molecule has 1 heterocycles. The van der Waals surface area contributed by atoms with Gasteiger partial charge in [-0.2, -0.15) is 0 Å². The summed E-state index contributed by atoms with van der Waals surface area (Å²) in [6.07, 6.45) is 0. The molecule has 0 bridgehead atoms. The van der Waals surface area contributed by atoms with Gasteiger partial charge in [-0.1, -0.05) is 18.2 Å². The highest BCUT2D eigenvalue weighted by Gasteiger charge is 2.14. The summed E-state index contributed by atoms with van der Waals surface area (Å²) in [7, 11) is -1.87. The second kappa shape index (κ2) is 5.58. The number of nitrogens with one attached hydrogen (secondary N) is 2. The maximum absolute atomic E-state index is 12.1. The Hall–Kier alpha value is -1.60. The number of pyridine rings is 1. The van der Waals surface area contributed by atoms with Crippen LogP contribution in [0.25, 0.3) is 0 Å². The first kappa shape index (κ1) is 13.8. The van der Waals surface area contributed by atoms with Gasteiger partial charge in [-0.25, -0.2) is 13.4 Å². The number of nitrogens with zero attached hydrogens (tertiary/aromatic N) is 1. The lowest BCUT2D eigenvalue weighted by Gasteiger charge is -2.09. The number of anilines is 2. The highest BCUT2D eigenvalue weighted by molar-refractivity contribution is 9.10. The number of sulfonamides is 1. The van der Waals surface area contributed by atoms with E-state index in [0.29, 0.717) is 16.1 Å². The number of aromatic nitrogens is 1. The van der Waals surface area contributed by atoms with Crippen LogP contribution in [0, 0.1) is 0 Å². The third-order valence-corrected chi connectivity index (χ3v) is 4.16. The Labute approximate surface area is 120 Å². The van der Waals surface area contributed by atoms with Crippen LogP contribution in [0.5, 0.6) is 0 Å². The van der Waals surface area contributed by atoms with Gasteiger partial charge in [0, 0.05) is 13.1 Å². The molecule has 0 saturated heterocycles. The van der Waals surface area contributed by atoms with Crippen molar-refractivity contribution in [3.63, 3.8) is 0 Å². The van der Waals surface area contributed by atoms with Crippen molar-refractivity contribution in [2.75, 3.05) is 17.1 Å². The van der Waals surface area contributed by atoms with Crippen molar-refractivity contribution in [3.05, 3.63) is 47.1 Å². The Morgan fingerprint density at radius 1 is 1.16 bits per heavy atom. The van der Waals surface area contributed by atoms with Gasteiger partial charge in [-0.05, 0) is 34.1 Å². The molecular weight excluding hydrogens is 330 g/mol. The minimum absolute atomic E-state index is 0.217. The Balaban J connectivity index is 2.33. The summed E-state index contributed by atoms with van der Waals surface area (Å²) in [4.78, 5) is 4.34. The summed E-state index contributed by atoms with van der Waals surface area (Å²) in [5.41, 5.74) is 0.440. The molecule has 0 radical (unpaired) electrons. The van der Waals surface area contributed by atoms with E-state index in [2.05, 4.69) is 31.0 Å². The quantitative estimate of drug-likeness (QED) is 0.838. The molecule has 0 atom stereocenters. The van der Waals surface area contributed by atoms with Gasteiger partial charge in [-0.15, -0.1) is 0 Å². The Morgan fingerprint density at radius 3 is 2.47 bits per heavy atom. The van der Waals surface area contributed by atoms with Crippen LogP contribution in [-0.4, -0.2) is 20.4 Å². The molecule has 0 saturated carbocycles. The molecule has 1 aromatic carbocycles. The molecule has 0 fully saturated rings. The lowest BCUT2D eigenvalue weighted by Crippen LogP contribution is -2.13. The number of benzene rings is 1. The molecule has 0 aliphatic carbocycles. The van der Waals surface area contributed by atoms with Crippen LogP contribution in [0.15, 0.2) is 52.0 Å². The third-order valence-electron chi connectivity index (χ3n) is 2.36. The second-order valence-electron chi connectivity index (χ2n) is 3.73. The lowest BCUT2D eigenvalue weighted by atomic mass is 10.4. The number of rotatable bonds is 4. The van der Waals surface area contributed by atoms with Crippen molar-refractivity contribution < 1.29 is 8.42 Å². The molecule has 5 nitrogen and oxygen atoms in total. The molecule has 0 aliphatic heterocycles. The first-order chi connectivity index (χ1) is 9.01. The maximum atomic E-state index is 12.1. The van der Waals surface area contributed by atoms with Crippen LogP contribution < -0.4 is 10.0 Å². The maximum Gasteiger partial charge on any atom is 0.261 e. The van der Waals surface area contributed by atoms with Crippen molar-refractivity contribution in [1.29, 1.82) is 0 Å². The van der Waals surface area contributed by atoms with Gasteiger partial charge in [-0.3, -0.25) is 4.72 Å². The Bertz CT molecular complexity index is 675. The molecule has 7 heteroatoms. The molecule has 2 rings (SSSR count). The van der Waals surface area contributed by atoms with E-state index in [1.165, 1.54) is 12.1 Å². The molecule has 0 aliphatic rings. The number of hydrogen-bond donors (Lipinski definition) is 2. The zero-order valence-corrected chi connectivity index (χ0v) is 12.5. The normalized spacial score (nSPS) is 11.1. The van der Waals surface area contributed by atoms with Crippen LogP contribution in [0.4, 0.5) is 11.5 Å². The molecule has 1 aromatic heterocycles. The van der Waals surface area contributed by atoms with E-state index in [0.717, 1.165) is 0 Å². The van der Waals surface area contributed by atoms with Crippen molar-refractivity contribution in [1.82, 2.24) is 4.98 Å². The molecule has 2 N–H and O–H groups in total. The molecule has 100 valence electrons. The SMILES string of the molecule is CNc1cc(NS(=O)(=O)c2ccccc2)cc(Br)n1. The van der Waals surface area contributed by atoms with Gasteiger partial charge in [0.15, 0.2) is 0 Å². The summed E-state index contributed by atoms with van der Waals surface area (Å²) < 4.78 is 27.3. The monoisotopic (exact) mass is 341 g/mol. The fourth-order valence-electron chi connectivity index (χ4n) is 1.50. The lowest BCUT2D eigenvalue weighted by molar-refractivity contribution is 0.601. The van der Waals surface area contributed by atoms with Gasteiger partial charge in [0.05, 0.1) is 10.6 Å². The van der Waals surface area contributed by atoms with Crippen LogP contribution in [0.2, 0.25) is 0 Å². The fourth-order valence-corrected chi connectivity index (χ4v) is 3.00. The largest absolute Gasteiger partial charge is 0.373 e. The van der Waals surface area contributed by atoms with Gasteiger partial charge >= 0.3 is 0 Å². The topological polar surface area (TPSA) is 71.1 Å². The number of hydrogen-bond acceptors (Lipinski definition) is 4. The molecule has 0 unspecified atom stereocenters. The summed E-state index contributed by atoms with van der Waals surface area (Å²) in [6.45, 7) is 0. The smallest absolute Gasteiger partial charge is 0.261 e. The van der Waals surface area contributed by atoms with E-state index in [1.54, 1.807) is 37.4 Å². The van der Waals surface area contributed by atoms with E-state index in [-0.39, 0.29) is 4.90 Å². The molecular formula is C12H12BrN3O2S. The van der Waals surface area contributed by atoms with Crippen LogP contribution >= 0.6 is 15.9 Å². The van der Waals surface area contributed by atoms with Crippen LogP contribution in [0.1, 0.15) is 0 Å². The van der Waals surface area contributed by atoms with E-state index >= 15 is 0 Å². The molecule has 0 amide bonds. The summed E-state index contributed by atoms with van der Waals surface area (Å²) in [5.74, 6) is 0.570. The first-order valence-corrected chi connectivity index (χ1v) is 7.72. The van der Waals surface area contributed by atoms with Gasteiger partial charge in [0.25, 0.3) is 10.0 Å². The van der Waals surface area contributed by atoms with Crippen molar-refractivity contribution in [2.24, 2.45) is 0 Å². The molecule has 19 heavy (non-hydrogen) atoms. The third kappa shape index (κ3) is 3.45. The van der Waals surface area contributed by atoms with Crippen molar-refractivity contribution in [3.8, 4) is 0 Å². The van der Waals surface area contributed by atoms with Crippen LogP contribution in [0.3, 0.4) is 0 Å². The summed E-state index contributed by atoms with van der Waals surface area (Å²) in [5, 5.41) is 2.86. The Morgan fingerprint density at radius 2 is 1.84 bits per heavy atom. The minimum atomic E-state index is -3.58. The summed E-state index contributed by atoms with van der Waals surface area (Å²) in [6, 6.07) is 11.4. The van der Waals surface area contributed by atoms with Crippen molar-refractivity contribution >= 4 is 37.5 Å². The first-order valence-electron chi connectivity index (χ1n) is 5.44. The van der Waals surface area contributed by atoms with Gasteiger partial charge in [0.1, 0.15) is 10.4 Å². The van der Waals surface area contributed by atoms with E-state index < -0.39 is 10.0 Å². The zero-order valence-electron chi connectivity index (χ0n) is 10.1. The average Bonchev–Trinajstić information content (AvgIpc) is 2.38. The number of halogens is 1. The zero-order chi connectivity index (χ0) is 13.9. The van der Waals surface area contributed by atoms with E-state index in [1.807, 2.05) is 0 Å². The molecule has 0 spiro atoms. The Kier molecular flexibility index (Phi) is 4.06. The van der Waals surface area contributed by atoms with Crippen molar-refractivity contribution in [2.45, 2.75) is 4.90 Å². The molecule has 2 aromatic rings. The van der Waals surface area contributed by atoms with Gasteiger partial charge in [0.2, 0.25) is 0 Å². The highest BCUT2D eigenvalue weighted by atomic mass is 79.9. The fraction of sp³-hybridized carbons (Fsp3) is 0.0833.